The molecule has 1 fully saturated rings. The number of benzene rings is 1. The zero-order valence-electron chi connectivity index (χ0n) is 17.1. The van der Waals surface area contributed by atoms with Gasteiger partial charge in [0.1, 0.15) is 11.6 Å². The number of carbonyl (C=O) groups excluding carboxylic acids is 1. The standard InChI is InChI=1S/C22H25F2N5O/c1-14-7-5-11-19(25-14)27-21(30)16-8-6-12-28(13-16)15(2)20-26-17-9-3-4-10-18(17)29(20)22(23)24/h3-5,7,9-11,15-16,22H,6,8,12-13H2,1-2H3,(H,25,27,30). The number of alkyl halides is 2. The minimum atomic E-state index is -2.67. The molecule has 0 bridgehead atoms. The Kier molecular flexibility index (Phi) is 5.76. The zero-order chi connectivity index (χ0) is 21.3. The van der Waals surface area contributed by atoms with Gasteiger partial charge < -0.3 is 5.32 Å². The van der Waals surface area contributed by atoms with Crippen LogP contribution in [0.25, 0.3) is 11.0 Å². The van der Waals surface area contributed by atoms with E-state index < -0.39 is 6.55 Å². The van der Waals surface area contributed by atoms with Crippen LogP contribution in [0.5, 0.6) is 0 Å². The van der Waals surface area contributed by atoms with Crippen molar-refractivity contribution in [2.75, 3.05) is 18.4 Å². The summed E-state index contributed by atoms with van der Waals surface area (Å²) in [6, 6.07) is 12.1. The van der Waals surface area contributed by atoms with Gasteiger partial charge in [-0.25, -0.2) is 9.97 Å². The number of halogens is 2. The molecule has 0 spiro atoms. The number of amides is 1. The first-order chi connectivity index (χ1) is 14.4. The molecule has 3 heterocycles. The van der Waals surface area contributed by atoms with E-state index in [0.29, 0.717) is 29.2 Å². The largest absolute Gasteiger partial charge is 0.320 e. The highest BCUT2D eigenvalue weighted by Gasteiger charge is 2.32. The molecular formula is C22H25F2N5O. The summed E-state index contributed by atoms with van der Waals surface area (Å²) < 4.78 is 28.7. The minimum absolute atomic E-state index is 0.0904. The highest BCUT2D eigenvalue weighted by atomic mass is 19.3. The Labute approximate surface area is 173 Å². The van der Waals surface area contributed by atoms with E-state index in [1.165, 1.54) is 0 Å². The number of hydrogen-bond donors (Lipinski definition) is 1. The van der Waals surface area contributed by atoms with Crippen LogP contribution in [0.2, 0.25) is 0 Å². The maximum Gasteiger partial charge on any atom is 0.320 e. The fraction of sp³-hybridized carbons (Fsp3) is 0.409. The van der Waals surface area contributed by atoms with Crippen molar-refractivity contribution in [2.45, 2.75) is 39.3 Å². The van der Waals surface area contributed by atoms with Crippen LogP contribution in [0.3, 0.4) is 0 Å². The van der Waals surface area contributed by atoms with Gasteiger partial charge in [0.25, 0.3) is 0 Å². The molecule has 1 aliphatic heterocycles. The van der Waals surface area contributed by atoms with Crippen LogP contribution < -0.4 is 5.32 Å². The molecular weight excluding hydrogens is 388 g/mol. The number of fused-ring (bicyclic) bond motifs is 1. The molecule has 1 saturated heterocycles. The fourth-order valence-electron chi connectivity index (χ4n) is 4.14. The van der Waals surface area contributed by atoms with Gasteiger partial charge in [-0.15, -0.1) is 0 Å². The molecule has 2 aromatic heterocycles. The Morgan fingerprint density at radius 1 is 1.17 bits per heavy atom. The average Bonchev–Trinajstić information content (AvgIpc) is 3.13. The zero-order valence-corrected chi connectivity index (χ0v) is 17.1. The van der Waals surface area contributed by atoms with Gasteiger partial charge in [-0.1, -0.05) is 18.2 Å². The number of nitrogens with one attached hydrogen (secondary N) is 1. The molecule has 30 heavy (non-hydrogen) atoms. The molecule has 3 aromatic rings. The molecule has 8 heteroatoms. The quantitative estimate of drug-likeness (QED) is 0.667. The van der Waals surface area contributed by atoms with E-state index in [1.807, 2.05) is 26.0 Å². The van der Waals surface area contributed by atoms with Gasteiger partial charge in [-0.05, 0) is 57.5 Å². The molecule has 158 valence electrons. The van der Waals surface area contributed by atoms with Crippen LogP contribution >= 0.6 is 0 Å². The molecule has 1 N–H and O–H groups in total. The summed E-state index contributed by atoms with van der Waals surface area (Å²) in [4.78, 5) is 23.7. The Morgan fingerprint density at radius 2 is 1.97 bits per heavy atom. The number of aryl methyl sites for hydroxylation is 1. The third-order valence-corrected chi connectivity index (χ3v) is 5.70. The van der Waals surface area contributed by atoms with Gasteiger partial charge in [-0.3, -0.25) is 14.3 Å². The fourth-order valence-corrected chi connectivity index (χ4v) is 4.14. The lowest BCUT2D eigenvalue weighted by Crippen LogP contribution is -2.42. The topological polar surface area (TPSA) is 63.1 Å². The van der Waals surface area contributed by atoms with E-state index in [9.17, 15) is 13.6 Å². The Bertz CT molecular complexity index is 1050. The highest BCUT2D eigenvalue weighted by Crippen LogP contribution is 2.32. The van der Waals surface area contributed by atoms with E-state index in [2.05, 4.69) is 20.2 Å². The molecule has 2 atom stereocenters. The van der Waals surface area contributed by atoms with Crippen LogP contribution in [0.4, 0.5) is 14.6 Å². The van der Waals surface area contributed by atoms with Crippen LogP contribution in [-0.2, 0) is 4.79 Å². The lowest BCUT2D eigenvalue weighted by Gasteiger charge is -2.36. The SMILES string of the molecule is Cc1cccc(NC(=O)C2CCCN(C(C)c3nc4ccccc4n3C(F)F)C2)n1. The van der Waals surface area contributed by atoms with E-state index in [0.717, 1.165) is 29.6 Å². The van der Waals surface area contributed by atoms with Crippen molar-refractivity contribution in [1.82, 2.24) is 19.4 Å². The number of rotatable bonds is 5. The number of anilines is 1. The summed E-state index contributed by atoms with van der Waals surface area (Å²) in [5.74, 6) is 0.539. The third kappa shape index (κ3) is 4.05. The van der Waals surface area contributed by atoms with Crippen LogP contribution in [0, 0.1) is 12.8 Å². The molecule has 1 aliphatic rings. The summed E-state index contributed by atoms with van der Waals surface area (Å²) >= 11 is 0. The van der Waals surface area contributed by atoms with E-state index >= 15 is 0 Å². The van der Waals surface area contributed by atoms with Gasteiger partial charge in [0.2, 0.25) is 5.91 Å². The average molecular weight is 413 g/mol. The molecule has 1 aromatic carbocycles. The monoisotopic (exact) mass is 413 g/mol. The van der Waals surface area contributed by atoms with Gasteiger partial charge in [0, 0.05) is 12.2 Å². The maximum absolute atomic E-state index is 13.8. The van der Waals surface area contributed by atoms with Gasteiger partial charge >= 0.3 is 6.55 Å². The highest BCUT2D eigenvalue weighted by molar-refractivity contribution is 5.91. The molecule has 4 rings (SSSR count). The number of pyridine rings is 1. The Balaban J connectivity index is 1.52. The van der Waals surface area contributed by atoms with Crippen molar-refractivity contribution in [2.24, 2.45) is 5.92 Å². The van der Waals surface area contributed by atoms with Crippen molar-refractivity contribution in [3.63, 3.8) is 0 Å². The second-order valence-electron chi connectivity index (χ2n) is 7.77. The molecule has 2 unspecified atom stereocenters. The first-order valence-electron chi connectivity index (χ1n) is 10.2. The van der Waals surface area contributed by atoms with Crippen LogP contribution in [0.1, 0.15) is 43.9 Å². The summed E-state index contributed by atoms with van der Waals surface area (Å²) in [5.41, 5.74) is 1.81. The number of likely N-dealkylation sites (tertiary alicyclic amines) is 1. The summed E-state index contributed by atoms with van der Waals surface area (Å²) in [7, 11) is 0. The number of carbonyl (C=O) groups is 1. The summed E-state index contributed by atoms with van der Waals surface area (Å²) in [5, 5.41) is 2.89. The van der Waals surface area contributed by atoms with Gasteiger partial charge in [0.05, 0.1) is 23.0 Å². The second-order valence-corrected chi connectivity index (χ2v) is 7.77. The summed E-state index contributed by atoms with van der Waals surface area (Å²) in [6.07, 6.45) is 1.57. The lowest BCUT2D eigenvalue weighted by molar-refractivity contribution is -0.121. The van der Waals surface area contributed by atoms with Crippen molar-refractivity contribution in [3.05, 3.63) is 54.0 Å². The Morgan fingerprint density at radius 3 is 2.73 bits per heavy atom. The van der Waals surface area contributed by atoms with Gasteiger partial charge in [0.15, 0.2) is 0 Å². The van der Waals surface area contributed by atoms with Crippen molar-refractivity contribution in [3.8, 4) is 0 Å². The maximum atomic E-state index is 13.8. The first kappa shape index (κ1) is 20.4. The lowest BCUT2D eigenvalue weighted by atomic mass is 9.96. The summed E-state index contributed by atoms with van der Waals surface area (Å²) in [6.45, 7) is 2.30. The van der Waals surface area contributed by atoms with Crippen LogP contribution in [-0.4, -0.2) is 38.4 Å². The minimum Gasteiger partial charge on any atom is -0.310 e. The smallest absolute Gasteiger partial charge is 0.310 e. The predicted octanol–water partition coefficient (Wildman–Crippen LogP) is 4.55. The second kappa shape index (κ2) is 8.47. The van der Waals surface area contributed by atoms with E-state index in [1.54, 1.807) is 30.3 Å². The predicted molar refractivity (Wildman–Crippen MR) is 111 cm³/mol. The number of aromatic nitrogens is 3. The van der Waals surface area contributed by atoms with Crippen molar-refractivity contribution >= 4 is 22.8 Å². The Hall–Kier alpha value is -2.87. The van der Waals surface area contributed by atoms with E-state index in [4.69, 9.17) is 0 Å². The molecule has 0 aliphatic carbocycles. The number of piperidine rings is 1. The third-order valence-electron chi connectivity index (χ3n) is 5.70. The number of para-hydroxylation sites is 2. The number of imidazole rings is 1. The van der Waals surface area contributed by atoms with Crippen LogP contribution in [0.15, 0.2) is 42.5 Å². The molecule has 0 radical (unpaired) electrons. The molecule has 0 saturated carbocycles. The van der Waals surface area contributed by atoms with E-state index in [-0.39, 0.29) is 17.9 Å². The van der Waals surface area contributed by atoms with Crippen molar-refractivity contribution in [1.29, 1.82) is 0 Å². The molecule has 1 amide bonds. The first-order valence-corrected chi connectivity index (χ1v) is 10.2. The molecule has 6 nitrogen and oxygen atoms in total. The van der Waals surface area contributed by atoms with Crippen molar-refractivity contribution < 1.29 is 13.6 Å². The van der Waals surface area contributed by atoms with Gasteiger partial charge in [-0.2, -0.15) is 8.78 Å². The normalized spacial score (nSPS) is 18.6. The number of hydrogen-bond acceptors (Lipinski definition) is 4. The number of nitrogens with zero attached hydrogens (tertiary/aromatic N) is 4.